The predicted octanol–water partition coefficient (Wildman–Crippen LogP) is 0.0716. The summed E-state index contributed by atoms with van der Waals surface area (Å²) in [5.41, 5.74) is 5.17. The summed E-state index contributed by atoms with van der Waals surface area (Å²) in [6.45, 7) is 6.47. The maximum Gasteiger partial charge on any atom is 0.143 e. The summed E-state index contributed by atoms with van der Waals surface area (Å²) in [5, 5.41) is 20.5. The van der Waals surface area contributed by atoms with E-state index in [0.717, 1.165) is 0 Å². The first-order chi connectivity index (χ1) is 6.35. The number of hydrogen-bond acceptors (Lipinski definition) is 4. The highest BCUT2D eigenvalue weighted by Gasteiger charge is 2.24. The molecule has 0 aromatic heterocycles. The first-order valence-electron chi connectivity index (χ1n) is 4.64. The van der Waals surface area contributed by atoms with Crippen LogP contribution in [0.1, 0.15) is 20.8 Å². The second kappa shape index (κ2) is 5.17. The van der Waals surface area contributed by atoms with Crippen molar-refractivity contribution < 1.29 is 10.3 Å². The zero-order valence-electron chi connectivity index (χ0n) is 9.36. The van der Waals surface area contributed by atoms with Gasteiger partial charge in [0.05, 0.1) is 6.61 Å². The molecule has 0 fully saturated rings. The normalized spacial score (nSPS) is 16.0. The van der Waals surface area contributed by atoms with Crippen molar-refractivity contribution in [2.24, 2.45) is 16.8 Å². The lowest BCUT2D eigenvalue weighted by molar-refractivity contribution is 0.0740. The Morgan fingerprint density at radius 3 is 2.43 bits per heavy atom. The quantitative estimate of drug-likeness (QED) is 0.256. The first-order valence-corrected chi connectivity index (χ1v) is 4.64. The van der Waals surface area contributed by atoms with E-state index >= 15 is 0 Å². The van der Waals surface area contributed by atoms with Gasteiger partial charge >= 0.3 is 0 Å². The van der Waals surface area contributed by atoms with Crippen molar-refractivity contribution in [1.82, 2.24) is 4.90 Å². The molecular formula is C9H21N3O2. The summed E-state index contributed by atoms with van der Waals surface area (Å²) >= 11 is 0. The summed E-state index contributed by atoms with van der Waals surface area (Å²) in [6, 6.07) is 0. The molecule has 0 aromatic carbocycles. The number of aliphatic hydroxyl groups is 1. The van der Waals surface area contributed by atoms with E-state index < -0.39 is 0 Å². The van der Waals surface area contributed by atoms with Crippen LogP contribution in [0.3, 0.4) is 0 Å². The van der Waals surface area contributed by atoms with Gasteiger partial charge in [-0.25, -0.2) is 0 Å². The molecule has 0 heterocycles. The van der Waals surface area contributed by atoms with Crippen LogP contribution in [-0.2, 0) is 0 Å². The molecule has 84 valence electrons. The highest BCUT2D eigenvalue weighted by atomic mass is 16.4. The van der Waals surface area contributed by atoms with Gasteiger partial charge in [-0.3, -0.25) is 4.90 Å². The van der Waals surface area contributed by atoms with E-state index in [-0.39, 0.29) is 23.9 Å². The van der Waals surface area contributed by atoms with Crippen molar-refractivity contribution in [3.63, 3.8) is 0 Å². The minimum absolute atomic E-state index is 0.0316. The van der Waals surface area contributed by atoms with Gasteiger partial charge in [0.1, 0.15) is 5.84 Å². The van der Waals surface area contributed by atoms with Gasteiger partial charge in [0.15, 0.2) is 0 Å². The summed E-state index contributed by atoms with van der Waals surface area (Å²) < 4.78 is 0. The minimum atomic E-state index is -0.288. The highest BCUT2D eigenvalue weighted by Crippen LogP contribution is 2.13. The van der Waals surface area contributed by atoms with Gasteiger partial charge in [0.2, 0.25) is 0 Å². The number of amidine groups is 1. The smallest absolute Gasteiger partial charge is 0.143 e. The van der Waals surface area contributed by atoms with Gasteiger partial charge < -0.3 is 16.0 Å². The Labute approximate surface area is 85.2 Å². The molecule has 0 aromatic rings. The fraction of sp³-hybridized carbons (Fsp3) is 0.889. The van der Waals surface area contributed by atoms with Gasteiger partial charge in [-0.05, 0) is 20.9 Å². The maximum atomic E-state index is 9.12. The molecule has 0 radical (unpaired) electrons. The summed E-state index contributed by atoms with van der Waals surface area (Å²) in [6.07, 6.45) is 0. The Morgan fingerprint density at radius 2 is 2.07 bits per heavy atom. The van der Waals surface area contributed by atoms with Crippen molar-refractivity contribution in [2.45, 2.75) is 26.3 Å². The molecule has 0 rings (SSSR count). The lowest BCUT2D eigenvalue weighted by Crippen LogP contribution is -2.47. The van der Waals surface area contributed by atoms with Gasteiger partial charge in [-0.1, -0.05) is 12.1 Å². The average Bonchev–Trinajstić information content (AvgIpc) is 2.16. The molecule has 0 aliphatic rings. The Kier molecular flexibility index (Phi) is 4.87. The van der Waals surface area contributed by atoms with Crippen molar-refractivity contribution >= 4 is 5.84 Å². The van der Waals surface area contributed by atoms with Crippen LogP contribution in [0.2, 0.25) is 0 Å². The molecule has 0 aliphatic heterocycles. The molecule has 5 heteroatoms. The number of rotatable bonds is 5. The van der Waals surface area contributed by atoms with Crippen molar-refractivity contribution in [3.05, 3.63) is 0 Å². The van der Waals surface area contributed by atoms with Crippen LogP contribution in [0.4, 0.5) is 0 Å². The lowest BCUT2D eigenvalue weighted by atomic mass is 10.0. The highest BCUT2D eigenvalue weighted by molar-refractivity contribution is 5.82. The molecule has 0 bridgehead atoms. The average molecular weight is 203 g/mol. The Morgan fingerprint density at radius 1 is 1.57 bits per heavy atom. The van der Waals surface area contributed by atoms with E-state index in [2.05, 4.69) is 5.16 Å². The van der Waals surface area contributed by atoms with E-state index in [1.807, 2.05) is 32.7 Å². The largest absolute Gasteiger partial charge is 0.409 e. The van der Waals surface area contributed by atoms with Crippen LogP contribution in [0.25, 0.3) is 0 Å². The van der Waals surface area contributed by atoms with Gasteiger partial charge in [-0.15, -0.1) is 0 Å². The number of likely N-dealkylation sites (N-methyl/N-ethyl adjacent to an activating group) is 1. The van der Waals surface area contributed by atoms with Gasteiger partial charge in [0.25, 0.3) is 0 Å². The van der Waals surface area contributed by atoms with Crippen molar-refractivity contribution in [1.29, 1.82) is 0 Å². The van der Waals surface area contributed by atoms with Crippen LogP contribution >= 0.6 is 0 Å². The molecule has 14 heavy (non-hydrogen) atoms. The van der Waals surface area contributed by atoms with Gasteiger partial charge in [-0.2, -0.15) is 0 Å². The monoisotopic (exact) mass is 203 g/mol. The fourth-order valence-corrected chi connectivity index (χ4v) is 0.971. The molecule has 1 unspecified atom stereocenters. The molecule has 0 amide bonds. The number of hydrogen-bond donors (Lipinski definition) is 3. The van der Waals surface area contributed by atoms with Crippen molar-refractivity contribution in [2.75, 3.05) is 20.2 Å². The number of oxime groups is 1. The Bertz CT molecular complexity index is 204. The number of nitrogens with zero attached hydrogens (tertiary/aromatic N) is 2. The van der Waals surface area contributed by atoms with E-state index in [4.69, 9.17) is 16.0 Å². The van der Waals surface area contributed by atoms with Crippen molar-refractivity contribution in [3.8, 4) is 0 Å². The SMILES string of the molecule is CC(CN(C)C(C)(C)CO)C(N)=NO. The molecule has 0 aliphatic carbocycles. The van der Waals surface area contributed by atoms with Crippen LogP contribution < -0.4 is 5.73 Å². The second-order valence-corrected chi connectivity index (χ2v) is 4.28. The number of aliphatic hydroxyl groups excluding tert-OH is 1. The molecule has 4 N–H and O–H groups in total. The predicted molar refractivity (Wildman–Crippen MR) is 56.4 cm³/mol. The molecule has 0 saturated carbocycles. The summed E-state index contributed by atoms with van der Waals surface area (Å²) in [4.78, 5) is 1.98. The maximum absolute atomic E-state index is 9.12. The fourth-order valence-electron chi connectivity index (χ4n) is 0.971. The summed E-state index contributed by atoms with van der Waals surface area (Å²) in [5.74, 6) is 0.182. The van der Waals surface area contributed by atoms with Crippen LogP contribution in [0.5, 0.6) is 0 Å². The van der Waals surface area contributed by atoms with E-state index in [1.54, 1.807) is 0 Å². The third-order valence-corrected chi connectivity index (χ3v) is 2.59. The third kappa shape index (κ3) is 3.51. The van der Waals surface area contributed by atoms with E-state index in [1.165, 1.54) is 0 Å². The minimum Gasteiger partial charge on any atom is -0.409 e. The topological polar surface area (TPSA) is 82.1 Å². The Hall–Kier alpha value is -0.810. The molecule has 1 atom stereocenters. The van der Waals surface area contributed by atoms with E-state index in [0.29, 0.717) is 6.54 Å². The first kappa shape index (κ1) is 13.2. The van der Waals surface area contributed by atoms with Crippen LogP contribution in [-0.4, -0.2) is 46.8 Å². The second-order valence-electron chi connectivity index (χ2n) is 4.28. The molecule has 0 saturated heterocycles. The molecule has 0 spiro atoms. The third-order valence-electron chi connectivity index (χ3n) is 2.59. The van der Waals surface area contributed by atoms with Crippen LogP contribution in [0, 0.1) is 5.92 Å². The Balaban J connectivity index is 4.26. The zero-order chi connectivity index (χ0) is 11.4. The van der Waals surface area contributed by atoms with E-state index in [9.17, 15) is 0 Å². The van der Waals surface area contributed by atoms with Gasteiger partial charge in [0, 0.05) is 18.0 Å². The molecule has 5 nitrogen and oxygen atoms in total. The standard InChI is InChI=1S/C9H21N3O2/c1-7(8(10)11-14)5-12(4)9(2,3)6-13/h7,13-14H,5-6H2,1-4H3,(H2,10,11). The number of nitrogens with two attached hydrogens (primary N) is 1. The summed E-state index contributed by atoms with van der Waals surface area (Å²) in [7, 11) is 1.90. The zero-order valence-corrected chi connectivity index (χ0v) is 9.36. The lowest BCUT2D eigenvalue weighted by Gasteiger charge is -2.35. The molecular weight excluding hydrogens is 182 g/mol. The van der Waals surface area contributed by atoms with Crippen LogP contribution in [0.15, 0.2) is 5.16 Å².